The Balaban J connectivity index is 2.67. The molecule has 5 atom stereocenters. The second-order valence-corrected chi connectivity index (χ2v) is 16.5. The van der Waals surface area contributed by atoms with Crippen molar-refractivity contribution in [3.63, 3.8) is 0 Å². The molecule has 10 heteroatoms. The minimum Gasteiger partial charge on any atom is -0.466 e. The lowest BCUT2D eigenvalue weighted by molar-refractivity contribution is -0.536. The Labute approximate surface area is 213 Å². The minimum absolute atomic E-state index is 0.101. The van der Waals surface area contributed by atoms with Crippen LogP contribution in [0.3, 0.4) is 0 Å². The van der Waals surface area contributed by atoms with Crippen LogP contribution in [0, 0.1) is 28.9 Å². The molecule has 0 N–H and O–H groups in total. The molecule has 0 saturated heterocycles. The minimum atomic E-state index is -2.51. The molecule has 8 nitrogen and oxygen atoms in total. The number of thioether (sulfide) groups is 1. The lowest BCUT2D eigenvalue weighted by atomic mass is 9.76. The number of hydrogen-bond acceptors (Lipinski definition) is 8. The SMILES string of the molecule is CCOC(=O)[C@H]1[C@H](O[Si](C)(C)C(C)(C)C)[C@H](Sc2ccc(C)cc2)[C@H](C(=O)OCC)C[C@@H]1[N+](=O)[O-]. The van der Waals surface area contributed by atoms with Crippen LogP contribution in [-0.2, 0) is 23.5 Å². The van der Waals surface area contributed by atoms with Crippen LogP contribution in [0.4, 0.5) is 0 Å². The second-order valence-electron chi connectivity index (χ2n) is 10.5. The van der Waals surface area contributed by atoms with Crippen molar-refractivity contribution in [2.24, 2.45) is 11.8 Å². The molecule has 1 aromatic rings. The van der Waals surface area contributed by atoms with Crippen molar-refractivity contribution < 1.29 is 28.4 Å². The van der Waals surface area contributed by atoms with Gasteiger partial charge in [-0.1, -0.05) is 38.5 Å². The maximum absolute atomic E-state index is 13.2. The van der Waals surface area contributed by atoms with Crippen LogP contribution < -0.4 is 0 Å². The monoisotopic (exact) mass is 525 g/mol. The molecule has 196 valence electrons. The molecule has 2 rings (SSSR count). The fourth-order valence-corrected chi connectivity index (χ4v) is 6.78. The number of esters is 2. The normalized spacial score (nSPS) is 25.1. The molecular weight excluding hydrogens is 486 g/mol. The van der Waals surface area contributed by atoms with Gasteiger partial charge in [-0.25, -0.2) is 0 Å². The maximum Gasteiger partial charge on any atom is 0.318 e. The molecule has 35 heavy (non-hydrogen) atoms. The second kappa shape index (κ2) is 11.9. The van der Waals surface area contributed by atoms with E-state index in [0.717, 1.165) is 10.5 Å². The van der Waals surface area contributed by atoms with Crippen LogP contribution in [-0.4, -0.2) is 55.8 Å². The molecule has 0 unspecified atom stereocenters. The van der Waals surface area contributed by atoms with Gasteiger partial charge in [0.15, 0.2) is 8.32 Å². The highest BCUT2D eigenvalue weighted by Gasteiger charge is 2.59. The van der Waals surface area contributed by atoms with E-state index < -0.39 is 54.4 Å². The largest absolute Gasteiger partial charge is 0.466 e. The fourth-order valence-electron chi connectivity index (χ4n) is 4.00. The predicted molar refractivity (Wildman–Crippen MR) is 139 cm³/mol. The summed E-state index contributed by atoms with van der Waals surface area (Å²) in [6.45, 7) is 15.9. The summed E-state index contributed by atoms with van der Waals surface area (Å²) in [6, 6.07) is 6.52. The molecule has 0 amide bonds. The van der Waals surface area contributed by atoms with Crippen molar-refractivity contribution in [1.29, 1.82) is 0 Å². The number of ether oxygens (including phenoxy) is 2. The Morgan fingerprint density at radius 1 is 1.09 bits per heavy atom. The average molecular weight is 526 g/mol. The van der Waals surface area contributed by atoms with E-state index in [1.165, 1.54) is 11.8 Å². The van der Waals surface area contributed by atoms with E-state index in [-0.39, 0.29) is 24.7 Å². The van der Waals surface area contributed by atoms with E-state index in [9.17, 15) is 19.7 Å². The first-order valence-electron chi connectivity index (χ1n) is 12.1. The van der Waals surface area contributed by atoms with Crippen LogP contribution in [0.1, 0.15) is 46.6 Å². The summed E-state index contributed by atoms with van der Waals surface area (Å²) in [4.78, 5) is 38.9. The zero-order valence-electron chi connectivity index (χ0n) is 22.0. The summed E-state index contributed by atoms with van der Waals surface area (Å²) in [5.74, 6) is -3.10. The zero-order chi connectivity index (χ0) is 26.6. The van der Waals surface area contributed by atoms with Gasteiger partial charge in [-0.15, -0.1) is 11.8 Å². The molecule has 1 fully saturated rings. The molecule has 1 aliphatic carbocycles. The Hall–Kier alpha value is -1.91. The molecule has 0 aromatic heterocycles. The first kappa shape index (κ1) is 29.3. The highest BCUT2D eigenvalue weighted by atomic mass is 32.2. The zero-order valence-corrected chi connectivity index (χ0v) is 23.8. The third-order valence-corrected chi connectivity index (χ3v) is 12.8. The van der Waals surface area contributed by atoms with Gasteiger partial charge in [0.1, 0.15) is 5.92 Å². The highest BCUT2D eigenvalue weighted by molar-refractivity contribution is 8.00. The van der Waals surface area contributed by atoms with Crippen LogP contribution in [0.5, 0.6) is 0 Å². The topological polar surface area (TPSA) is 105 Å². The van der Waals surface area contributed by atoms with Gasteiger partial charge in [-0.05, 0) is 51.0 Å². The third kappa shape index (κ3) is 7.07. The van der Waals surface area contributed by atoms with E-state index in [0.29, 0.717) is 0 Å². The van der Waals surface area contributed by atoms with Gasteiger partial charge < -0.3 is 13.9 Å². The summed E-state index contributed by atoms with van der Waals surface area (Å²) < 4.78 is 17.4. The number of aryl methyl sites for hydroxylation is 1. The first-order chi connectivity index (χ1) is 16.2. The number of nitrogens with zero attached hydrogens (tertiary/aromatic N) is 1. The van der Waals surface area contributed by atoms with Gasteiger partial charge in [0, 0.05) is 21.5 Å². The fraction of sp³-hybridized carbons (Fsp3) is 0.680. The Bertz CT molecular complexity index is 900. The van der Waals surface area contributed by atoms with Crippen molar-refractivity contribution >= 4 is 32.0 Å². The number of rotatable bonds is 9. The number of hydrogen-bond donors (Lipinski definition) is 0. The van der Waals surface area contributed by atoms with E-state index in [2.05, 4.69) is 20.8 Å². The summed E-state index contributed by atoms with van der Waals surface area (Å²) in [6.07, 6.45) is -1.00. The molecule has 1 aliphatic rings. The molecule has 1 saturated carbocycles. The molecule has 0 aliphatic heterocycles. The number of nitro groups is 1. The molecule has 0 radical (unpaired) electrons. The molecule has 1 aromatic carbocycles. The summed E-state index contributed by atoms with van der Waals surface area (Å²) in [5, 5.41) is 11.4. The van der Waals surface area contributed by atoms with Crippen molar-refractivity contribution in [3.8, 4) is 0 Å². The molecule has 0 spiro atoms. The van der Waals surface area contributed by atoms with Gasteiger partial charge in [0.25, 0.3) is 0 Å². The standard InChI is InChI=1S/C25H39NO7SSi/c1-9-31-23(27)18-15-19(26(29)30)20(24(28)32-10-2)21(33-35(7,8)25(4,5)6)22(18)34-17-13-11-16(3)12-14-17/h11-14,18-22H,9-10,15H2,1-8H3/t18-,19+,20-,21+,22-/m1/s1. The Morgan fingerprint density at radius 3 is 2.11 bits per heavy atom. The lowest BCUT2D eigenvalue weighted by Crippen LogP contribution is -2.60. The summed E-state index contributed by atoms with van der Waals surface area (Å²) in [7, 11) is -2.51. The van der Waals surface area contributed by atoms with Crippen LogP contribution in [0.25, 0.3) is 0 Å². The van der Waals surface area contributed by atoms with Crippen molar-refractivity contribution in [3.05, 3.63) is 39.9 Å². The van der Waals surface area contributed by atoms with E-state index in [1.54, 1.807) is 13.8 Å². The maximum atomic E-state index is 13.2. The van der Waals surface area contributed by atoms with E-state index in [4.69, 9.17) is 13.9 Å². The molecular formula is C25H39NO7SSi. The van der Waals surface area contributed by atoms with Gasteiger partial charge >= 0.3 is 11.9 Å². The number of carbonyl (C=O) groups is 2. The molecule has 0 bridgehead atoms. The van der Waals surface area contributed by atoms with Gasteiger partial charge in [0.2, 0.25) is 6.04 Å². The first-order valence-corrected chi connectivity index (χ1v) is 15.9. The predicted octanol–water partition coefficient (Wildman–Crippen LogP) is 5.25. The van der Waals surface area contributed by atoms with Crippen LogP contribution in [0.2, 0.25) is 18.1 Å². The van der Waals surface area contributed by atoms with Crippen molar-refractivity contribution in [1.82, 2.24) is 0 Å². The van der Waals surface area contributed by atoms with Crippen molar-refractivity contribution in [2.45, 2.75) is 88.4 Å². The third-order valence-electron chi connectivity index (χ3n) is 6.93. The smallest absolute Gasteiger partial charge is 0.318 e. The quantitative estimate of drug-likeness (QED) is 0.186. The lowest BCUT2D eigenvalue weighted by Gasteiger charge is -2.47. The number of benzene rings is 1. The Kier molecular flexibility index (Phi) is 9.95. The number of carbonyl (C=O) groups excluding carboxylic acids is 2. The van der Waals surface area contributed by atoms with Crippen LogP contribution >= 0.6 is 11.8 Å². The summed E-state index contributed by atoms with van der Waals surface area (Å²) >= 11 is 1.41. The van der Waals surface area contributed by atoms with Gasteiger partial charge in [-0.2, -0.15) is 0 Å². The highest BCUT2D eigenvalue weighted by Crippen LogP contribution is 2.47. The average Bonchev–Trinajstić information content (AvgIpc) is 2.75. The van der Waals surface area contributed by atoms with Crippen LogP contribution in [0.15, 0.2) is 29.2 Å². The van der Waals surface area contributed by atoms with E-state index in [1.807, 2.05) is 44.3 Å². The summed E-state index contributed by atoms with van der Waals surface area (Å²) in [5.41, 5.74) is 1.09. The van der Waals surface area contributed by atoms with Crippen molar-refractivity contribution in [2.75, 3.05) is 13.2 Å². The molecule has 0 heterocycles. The van der Waals surface area contributed by atoms with Gasteiger partial charge in [-0.3, -0.25) is 19.7 Å². The Morgan fingerprint density at radius 2 is 1.63 bits per heavy atom. The van der Waals surface area contributed by atoms with Gasteiger partial charge in [0.05, 0.1) is 25.2 Å². The van der Waals surface area contributed by atoms with E-state index >= 15 is 0 Å².